The molecular formula is C13H14. The van der Waals surface area contributed by atoms with Crippen LogP contribution in [-0.2, 0) is 0 Å². The lowest BCUT2D eigenvalue weighted by atomic mass is 10.0. The number of fused-ring (bicyclic) bond motifs is 1. The molecule has 0 heteroatoms. The van der Waals surface area contributed by atoms with E-state index in [0.29, 0.717) is 5.92 Å². The summed E-state index contributed by atoms with van der Waals surface area (Å²) in [5, 5.41) is 0. The second kappa shape index (κ2) is 3.61. The van der Waals surface area contributed by atoms with E-state index >= 15 is 0 Å². The van der Waals surface area contributed by atoms with Crippen molar-refractivity contribution in [3.63, 3.8) is 0 Å². The average Bonchev–Trinajstić information content (AvgIpc) is 2.58. The van der Waals surface area contributed by atoms with Crippen LogP contribution in [0.5, 0.6) is 0 Å². The van der Waals surface area contributed by atoms with Crippen molar-refractivity contribution in [2.45, 2.75) is 19.3 Å². The standard InChI is InChI=1S/C13H14/c1-2-3-6-11-9-10-12-7-4-5-8-13(11)12/h3-11H,2H2,1H3. The summed E-state index contributed by atoms with van der Waals surface area (Å²) in [6, 6.07) is 8.58. The summed E-state index contributed by atoms with van der Waals surface area (Å²) in [7, 11) is 0. The van der Waals surface area contributed by atoms with Crippen LogP contribution in [0.15, 0.2) is 42.5 Å². The second-order valence-electron chi connectivity index (χ2n) is 3.35. The molecule has 1 atom stereocenters. The summed E-state index contributed by atoms with van der Waals surface area (Å²) in [6.45, 7) is 2.17. The lowest BCUT2D eigenvalue weighted by Gasteiger charge is -2.04. The molecule has 0 saturated heterocycles. The number of hydrogen-bond acceptors (Lipinski definition) is 0. The van der Waals surface area contributed by atoms with Crippen LogP contribution in [0.4, 0.5) is 0 Å². The Morgan fingerprint density at radius 3 is 3.00 bits per heavy atom. The molecule has 0 amide bonds. The van der Waals surface area contributed by atoms with Gasteiger partial charge in [0.05, 0.1) is 0 Å². The van der Waals surface area contributed by atoms with Gasteiger partial charge in [-0.15, -0.1) is 0 Å². The van der Waals surface area contributed by atoms with Crippen LogP contribution in [0.1, 0.15) is 30.4 Å². The maximum atomic E-state index is 2.28. The van der Waals surface area contributed by atoms with Crippen molar-refractivity contribution in [3.05, 3.63) is 53.6 Å². The molecule has 0 aliphatic heterocycles. The van der Waals surface area contributed by atoms with Gasteiger partial charge in [0.2, 0.25) is 0 Å². The summed E-state index contributed by atoms with van der Waals surface area (Å²) in [5.41, 5.74) is 2.81. The van der Waals surface area contributed by atoms with E-state index < -0.39 is 0 Å². The van der Waals surface area contributed by atoms with Crippen molar-refractivity contribution in [2.75, 3.05) is 0 Å². The molecule has 1 aromatic rings. The van der Waals surface area contributed by atoms with E-state index in [1.165, 1.54) is 11.1 Å². The van der Waals surface area contributed by atoms with Gasteiger partial charge in [-0.3, -0.25) is 0 Å². The first kappa shape index (κ1) is 8.31. The Morgan fingerprint density at radius 1 is 1.31 bits per heavy atom. The van der Waals surface area contributed by atoms with Gasteiger partial charge in [0, 0.05) is 5.92 Å². The number of allylic oxidation sites excluding steroid dienone is 3. The highest BCUT2D eigenvalue weighted by atomic mass is 14.2. The summed E-state index contributed by atoms with van der Waals surface area (Å²) in [4.78, 5) is 0. The Kier molecular flexibility index (Phi) is 2.31. The first-order valence-corrected chi connectivity index (χ1v) is 4.85. The highest BCUT2D eigenvalue weighted by Gasteiger charge is 2.12. The Bertz CT molecular complexity index is 345. The largest absolute Gasteiger partial charge is 0.0879 e. The predicted octanol–water partition coefficient (Wildman–Crippen LogP) is 3.76. The zero-order valence-electron chi connectivity index (χ0n) is 7.90. The lowest BCUT2D eigenvalue weighted by Crippen LogP contribution is -1.87. The van der Waals surface area contributed by atoms with Crippen LogP contribution >= 0.6 is 0 Å². The molecule has 0 saturated carbocycles. The highest BCUT2D eigenvalue weighted by Crippen LogP contribution is 2.30. The molecule has 0 N–H and O–H groups in total. The summed E-state index contributed by atoms with van der Waals surface area (Å²) in [5.74, 6) is 0.510. The molecule has 1 aliphatic rings. The molecule has 0 bridgehead atoms. The zero-order chi connectivity index (χ0) is 9.10. The van der Waals surface area contributed by atoms with E-state index in [-0.39, 0.29) is 0 Å². The monoisotopic (exact) mass is 170 g/mol. The van der Waals surface area contributed by atoms with Crippen LogP contribution in [0.2, 0.25) is 0 Å². The van der Waals surface area contributed by atoms with Gasteiger partial charge in [-0.1, -0.05) is 55.5 Å². The molecule has 0 spiro atoms. The van der Waals surface area contributed by atoms with Gasteiger partial charge in [-0.25, -0.2) is 0 Å². The molecular weight excluding hydrogens is 156 g/mol. The second-order valence-corrected chi connectivity index (χ2v) is 3.35. The molecule has 1 unspecified atom stereocenters. The smallest absolute Gasteiger partial charge is 0.0207 e. The molecule has 2 rings (SSSR count). The first-order valence-electron chi connectivity index (χ1n) is 4.85. The Morgan fingerprint density at radius 2 is 2.15 bits per heavy atom. The van der Waals surface area contributed by atoms with Crippen LogP contribution in [0.25, 0.3) is 6.08 Å². The summed E-state index contributed by atoms with van der Waals surface area (Å²) >= 11 is 0. The van der Waals surface area contributed by atoms with E-state index in [1.807, 2.05) is 0 Å². The van der Waals surface area contributed by atoms with Gasteiger partial charge in [-0.05, 0) is 17.5 Å². The fourth-order valence-corrected chi connectivity index (χ4v) is 1.73. The van der Waals surface area contributed by atoms with E-state index in [0.717, 1.165) is 6.42 Å². The van der Waals surface area contributed by atoms with Gasteiger partial charge in [0.1, 0.15) is 0 Å². The van der Waals surface area contributed by atoms with Crippen LogP contribution < -0.4 is 0 Å². The maximum absolute atomic E-state index is 2.28. The predicted molar refractivity (Wildman–Crippen MR) is 57.6 cm³/mol. The van der Waals surface area contributed by atoms with Gasteiger partial charge in [-0.2, -0.15) is 0 Å². The average molecular weight is 170 g/mol. The quantitative estimate of drug-likeness (QED) is 0.593. The summed E-state index contributed by atoms with van der Waals surface area (Å²) in [6.07, 6.45) is 10.1. The van der Waals surface area contributed by atoms with E-state index in [2.05, 4.69) is 55.5 Å². The van der Waals surface area contributed by atoms with Crippen molar-refractivity contribution in [3.8, 4) is 0 Å². The third kappa shape index (κ3) is 1.57. The fraction of sp³-hybridized carbons (Fsp3) is 0.231. The van der Waals surface area contributed by atoms with Crippen molar-refractivity contribution in [2.24, 2.45) is 0 Å². The maximum Gasteiger partial charge on any atom is 0.0207 e. The van der Waals surface area contributed by atoms with Crippen molar-refractivity contribution in [1.29, 1.82) is 0 Å². The first-order chi connectivity index (χ1) is 6.42. The van der Waals surface area contributed by atoms with Gasteiger partial charge >= 0.3 is 0 Å². The van der Waals surface area contributed by atoms with E-state index in [9.17, 15) is 0 Å². The minimum absolute atomic E-state index is 0.510. The molecule has 0 heterocycles. The molecule has 1 aliphatic carbocycles. The SMILES string of the molecule is CCC=CC1C=Cc2ccccc21. The molecule has 0 radical (unpaired) electrons. The normalized spacial score (nSPS) is 19.6. The minimum Gasteiger partial charge on any atom is -0.0879 e. The molecule has 1 aromatic carbocycles. The fourth-order valence-electron chi connectivity index (χ4n) is 1.73. The molecule has 66 valence electrons. The molecule has 13 heavy (non-hydrogen) atoms. The van der Waals surface area contributed by atoms with Gasteiger partial charge in [0.25, 0.3) is 0 Å². The van der Waals surface area contributed by atoms with Crippen LogP contribution in [-0.4, -0.2) is 0 Å². The molecule has 0 aromatic heterocycles. The van der Waals surface area contributed by atoms with E-state index in [1.54, 1.807) is 0 Å². The third-order valence-electron chi connectivity index (χ3n) is 2.42. The van der Waals surface area contributed by atoms with E-state index in [4.69, 9.17) is 0 Å². The Balaban J connectivity index is 2.28. The van der Waals surface area contributed by atoms with Crippen molar-refractivity contribution >= 4 is 6.08 Å². The topological polar surface area (TPSA) is 0 Å². The van der Waals surface area contributed by atoms with Crippen molar-refractivity contribution < 1.29 is 0 Å². The Hall–Kier alpha value is -1.30. The van der Waals surface area contributed by atoms with Crippen LogP contribution in [0.3, 0.4) is 0 Å². The number of benzene rings is 1. The zero-order valence-corrected chi connectivity index (χ0v) is 7.90. The number of rotatable bonds is 2. The molecule has 0 nitrogen and oxygen atoms in total. The third-order valence-corrected chi connectivity index (χ3v) is 2.42. The van der Waals surface area contributed by atoms with Crippen LogP contribution in [0, 0.1) is 0 Å². The van der Waals surface area contributed by atoms with Gasteiger partial charge in [0.15, 0.2) is 0 Å². The highest BCUT2D eigenvalue weighted by molar-refractivity contribution is 5.63. The number of hydrogen-bond donors (Lipinski definition) is 0. The van der Waals surface area contributed by atoms with Crippen molar-refractivity contribution in [1.82, 2.24) is 0 Å². The molecule has 0 fully saturated rings. The minimum atomic E-state index is 0.510. The van der Waals surface area contributed by atoms with Gasteiger partial charge < -0.3 is 0 Å². The summed E-state index contributed by atoms with van der Waals surface area (Å²) < 4.78 is 0. The Labute approximate surface area is 79.6 Å². The lowest BCUT2D eigenvalue weighted by molar-refractivity contribution is 1.08.